The van der Waals surface area contributed by atoms with Gasteiger partial charge in [0.25, 0.3) is 5.91 Å². The van der Waals surface area contributed by atoms with Crippen LogP contribution in [0.2, 0.25) is 0 Å². The number of amides is 1. The molecule has 0 heterocycles. The van der Waals surface area contributed by atoms with Crippen LogP contribution in [0.1, 0.15) is 31.1 Å². The molecule has 1 aromatic rings. The van der Waals surface area contributed by atoms with Crippen LogP contribution < -0.4 is 4.74 Å². The third-order valence-corrected chi connectivity index (χ3v) is 3.51. The molecule has 0 aromatic heterocycles. The fourth-order valence-electron chi connectivity index (χ4n) is 2.17. The second kappa shape index (κ2) is 6.52. The van der Waals surface area contributed by atoms with Crippen LogP contribution in [-0.4, -0.2) is 24.5 Å². The highest BCUT2D eigenvalue weighted by Gasteiger charge is 2.19. The van der Waals surface area contributed by atoms with Crippen molar-refractivity contribution in [2.45, 2.75) is 20.8 Å². The van der Waals surface area contributed by atoms with E-state index in [-0.39, 0.29) is 17.6 Å². The molecule has 0 unspecified atom stereocenters. The number of ether oxygens (including phenoxy) is 1. The average molecular weight is 297 g/mol. The summed E-state index contributed by atoms with van der Waals surface area (Å²) < 4.78 is 5.06. The maximum atomic E-state index is 12.2. The fraction of sp³-hybridized carbons (Fsp3) is 0.278. The Balaban J connectivity index is 2.32. The number of methoxy groups -OCH3 is 1. The molecule has 0 radical (unpaired) electrons. The molecule has 0 bridgehead atoms. The molecule has 22 heavy (non-hydrogen) atoms. The van der Waals surface area contributed by atoms with Gasteiger partial charge in [0, 0.05) is 11.1 Å². The van der Waals surface area contributed by atoms with E-state index in [1.54, 1.807) is 44.4 Å². The number of benzene rings is 1. The van der Waals surface area contributed by atoms with E-state index in [1.807, 2.05) is 13.8 Å². The van der Waals surface area contributed by atoms with E-state index >= 15 is 0 Å². The zero-order chi connectivity index (χ0) is 16.3. The molecule has 0 atom stereocenters. The molecule has 0 N–H and O–H groups in total. The summed E-state index contributed by atoms with van der Waals surface area (Å²) in [4.78, 5) is 28.3. The van der Waals surface area contributed by atoms with Gasteiger partial charge < -0.3 is 4.74 Å². The molecule has 0 aliphatic heterocycles. The molecule has 1 aromatic carbocycles. The Morgan fingerprint density at radius 3 is 2.32 bits per heavy atom. The lowest BCUT2D eigenvalue weighted by Gasteiger charge is -2.15. The predicted molar refractivity (Wildman–Crippen MR) is 86.4 cm³/mol. The monoisotopic (exact) mass is 297 g/mol. The van der Waals surface area contributed by atoms with Gasteiger partial charge in [0.15, 0.2) is 5.78 Å². The number of carbonyl (C=O) groups excluding carboxylic acids is 2. The van der Waals surface area contributed by atoms with Gasteiger partial charge >= 0.3 is 0 Å². The molecule has 0 spiro atoms. The van der Waals surface area contributed by atoms with E-state index < -0.39 is 0 Å². The Morgan fingerprint density at radius 1 is 1.14 bits per heavy atom. The van der Waals surface area contributed by atoms with E-state index in [0.717, 1.165) is 0 Å². The molecule has 4 heteroatoms. The lowest BCUT2D eigenvalue weighted by atomic mass is 9.90. The van der Waals surface area contributed by atoms with Crippen LogP contribution in [0.5, 0.6) is 5.75 Å². The minimum absolute atomic E-state index is 0.0108. The topological polar surface area (TPSA) is 55.7 Å². The van der Waals surface area contributed by atoms with Crippen LogP contribution >= 0.6 is 0 Å². The van der Waals surface area contributed by atoms with Crippen molar-refractivity contribution in [2.75, 3.05) is 7.11 Å². The van der Waals surface area contributed by atoms with Gasteiger partial charge in [-0.2, -0.15) is 0 Å². The van der Waals surface area contributed by atoms with Crippen molar-refractivity contribution in [3.63, 3.8) is 0 Å². The van der Waals surface area contributed by atoms with Crippen LogP contribution in [-0.2, 0) is 4.79 Å². The van der Waals surface area contributed by atoms with E-state index in [2.05, 4.69) is 4.99 Å². The lowest BCUT2D eigenvalue weighted by Crippen LogP contribution is -2.16. The average Bonchev–Trinajstić information content (AvgIpc) is 2.49. The molecular formula is C18H19NO3. The first kappa shape index (κ1) is 15.9. The maximum Gasteiger partial charge on any atom is 0.277 e. The van der Waals surface area contributed by atoms with Gasteiger partial charge in [-0.25, -0.2) is 4.99 Å². The van der Waals surface area contributed by atoms with Crippen molar-refractivity contribution in [1.29, 1.82) is 0 Å². The number of hydrogen-bond donors (Lipinski definition) is 0. The highest BCUT2D eigenvalue weighted by molar-refractivity contribution is 6.24. The summed E-state index contributed by atoms with van der Waals surface area (Å²) in [5.74, 6) is 0.436. The number of aliphatic imine (C=N–C) groups is 1. The number of nitrogens with zero attached hydrogens (tertiary/aromatic N) is 1. The minimum Gasteiger partial charge on any atom is -0.497 e. The lowest BCUT2D eigenvalue weighted by molar-refractivity contribution is -0.111. The molecule has 0 saturated heterocycles. The number of carbonyl (C=O) groups is 2. The molecule has 0 fully saturated rings. The quantitative estimate of drug-likeness (QED) is 0.804. The first-order valence-electron chi connectivity index (χ1n) is 7.14. The molecule has 1 aliphatic rings. The summed E-state index contributed by atoms with van der Waals surface area (Å²) in [5, 5.41) is 0. The van der Waals surface area contributed by atoms with Gasteiger partial charge in [0.1, 0.15) is 5.75 Å². The number of rotatable bonds is 3. The van der Waals surface area contributed by atoms with E-state index in [1.165, 1.54) is 6.08 Å². The van der Waals surface area contributed by atoms with Crippen molar-refractivity contribution >= 4 is 17.4 Å². The van der Waals surface area contributed by atoms with Crippen LogP contribution in [0.4, 0.5) is 0 Å². The third kappa shape index (κ3) is 3.39. The van der Waals surface area contributed by atoms with Crippen molar-refractivity contribution in [3.8, 4) is 5.75 Å². The second-order valence-electron chi connectivity index (χ2n) is 5.48. The summed E-state index contributed by atoms with van der Waals surface area (Å²) in [6.45, 7) is 5.67. The number of ketones is 1. The minimum atomic E-state index is -0.334. The molecule has 1 aliphatic carbocycles. The van der Waals surface area contributed by atoms with E-state index in [0.29, 0.717) is 28.2 Å². The highest BCUT2D eigenvalue weighted by atomic mass is 16.5. The van der Waals surface area contributed by atoms with Crippen molar-refractivity contribution < 1.29 is 14.3 Å². The molecule has 114 valence electrons. The Morgan fingerprint density at radius 2 is 1.77 bits per heavy atom. The van der Waals surface area contributed by atoms with Crippen molar-refractivity contribution in [2.24, 2.45) is 10.9 Å². The summed E-state index contributed by atoms with van der Waals surface area (Å²) in [6, 6.07) is 6.78. The van der Waals surface area contributed by atoms with Crippen molar-refractivity contribution in [3.05, 3.63) is 53.1 Å². The standard InChI is InChI=1S/C18H19NO3/c1-11(2)15-10-16(12(3)9-17(15)20)19-18(21)13-5-7-14(22-4)8-6-13/h5-11H,1-4H3. The van der Waals surface area contributed by atoms with Crippen LogP contribution in [0, 0.1) is 5.92 Å². The normalized spacial score (nSPS) is 16.6. The molecular weight excluding hydrogens is 278 g/mol. The highest BCUT2D eigenvalue weighted by Crippen LogP contribution is 2.20. The van der Waals surface area contributed by atoms with Crippen molar-refractivity contribution in [1.82, 2.24) is 0 Å². The SMILES string of the molecule is COc1ccc(C(=O)N=C2C=C(C(C)C)C(=O)C=C2C)cc1. The zero-order valence-electron chi connectivity index (χ0n) is 13.2. The Bertz CT molecular complexity index is 692. The zero-order valence-corrected chi connectivity index (χ0v) is 13.2. The Kier molecular flexibility index (Phi) is 4.71. The predicted octanol–water partition coefficient (Wildman–Crippen LogP) is 3.39. The Hall–Kier alpha value is -2.49. The molecule has 1 amide bonds. The summed E-state index contributed by atoms with van der Waals surface area (Å²) in [5.41, 5.74) is 2.41. The summed E-state index contributed by atoms with van der Waals surface area (Å²) in [6.07, 6.45) is 3.25. The van der Waals surface area contributed by atoms with E-state index in [4.69, 9.17) is 4.74 Å². The largest absolute Gasteiger partial charge is 0.497 e. The molecule has 2 rings (SSSR count). The van der Waals surface area contributed by atoms with Gasteiger partial charge in [-0.1, -0.05) is 13.8 Å². The first-order valence-corrected chi connectivity index (χ1v) is 7.14. The molecule has 4 nitrogen and oxygen atoms in total. The fourth-order valence-corrected chi connectivity index (χ4v) is 2.17. The maximum absolute atomic E-state index is 12.2. The molecule has 0 saturated carbocycles. The first-order chi connectivity index (χ1) is 10.4. The third-order valence-electron chi connectivity index (χ3n) is 3.51. The smallest absolute Gasteiger partial charge is 0.277 e. The van der Waals surface area contributed by atoms with Crippen LogP contribution in [0.25, 0.3) is 0 Å². The number of allylic oxidation sites excluding steroid dienone is 4. The van der Waals surface area contributed by atoms with Gasteiger partial charge in [-0.15, -0.1) is 0 Å². The summed E-state index contributed by atoms with van der Waals surface area (Å²) >= 11 is 0. The Labute approximate surface area is 130 Å². The number of hydrogen-bond acceptors (Lipinski definition) is 3. The van der Waals surface area contributed by atoms with Gasteiger partial charge in [0.05, 0.1) is 12.8 Å². The van der Waals surface area contributed by atoms with Gasteiger partial charge in [0.2, 0.25) is 0 Å². The van der Waals surface area contributed by atoms with Gasteiger partial charge in [-0.3, -0.25) is 9.59 Å². The summed E-state index contributed by atoms with van der Waals surface area (Å²) in [7, 11) is 1.57. The van der Waals surface area contributed by atoms with Crippen LogP contribution in [0.15, 0.2) is 52.6 Å². The van der Waals surface area contributed by atoms with Crippen LogP contribution in [0.3, 0.4) is 0 Å². The van der Waals surface area contributed by atoms with Gasteiger partial charge in [-0.05, 0) is 54.8 Å². The van der Waals surface area contributed by atoms with E-state index in [9.17, 15) is 9.59 Å². The second-order valence-corrected chi connectivity index (χ2v) is 5.48.